The molecule has 4 aromatic rings. The van der Waals surface area contributed by atoms with Crippen LogP contribution in [0.15, 0.2) is 82.9 Å². The Morgan fingerprint density at radius 3 is 2.65 bits per heavy atom. The number of aliphatic imine (C=N–C) groups is 2. The summed E-state index contributed by atoms with van der Waals surface area (Å²) >= 11 is 0. The molecule has 3 aromatic heterocycles. The van der Waals surface area contributed by atoms with E-state index in [0.29, 0.717) is 16.7 Å². The molecule has 0 saturated heterocycles. The number of amidine groups is 1. The number of halogens is 2. The van der Waals surface area contributed by atoms with Gasteiger partial charge in [-0.2, -0.15) is 0 Å². The molecule has 8 heteroatoms. The first-order valence-electron chi connectivity index (χ1n) is 10.5. The van der Waals surface area contributed by atoms with Crippen LogP contribution in [0.5, 0.6) is 0 Å². The van der Waals surface area contributed by atoms with E-state index in [1.807, 2.05) is 31.2 Å². The molecule has 0 bridgehead atoms. The van der Waals surface area contributed by atoms with E-state index in [2.05, 4.69) is 37.0 Å². The van der Waals surface area contributed by atoms with Gasteiger partial charge in [0.05, 0.1) is 17.8 Å². The van der Waals surface area contributed by atoms with Gasteiger partial charge in [0, 0.05) is 47.8 Å². The zero-order valence-electron chi connectivity index (χ0n) is 18.8. The molecule has 1 aromatic carbocycles. The molecule has 0 unspecified atom stereocenters. The summed E-state index contributed by atoms with van der Waals surface area (Å²) in [5, 5.41) is 3.75. The molecule has 0 amide bonds. The molecular formula is C26H22F2N6. The molecular weight excluding hydrogens is 434 g/mol. The quantitative estimate of drug-likeness (QED) is 0.316. The smallest absolute Gasteiger partial charge is 0.190 e. The van der Waals surface area contributed by atoms with Gasteiger partial charge in [-0.25, -0.2) is 13.8 Å². The molecule has 0 saturated carbocycles. The van der Waals surface area contributed by atoms with Gasteiger partial charge in [0.15, 0.2) is 11.7 Å². The van der Waals surface area contributed by atoms with Crippen LogP contribution in [-0.2, 0) is 6.54 Å². The summed E-state index contributed by atoms with van der Waals surface area (Å²) in [6.45, 7) is 5.26. The Bertz CT molecular complexity index is 1430. The SMILES string of the molecule is C=NC(=NCc1cnc(-c2ccnc(C)c2)c(F)c1)C(F)=C(NC)c1ccc2ncccc2c1. The van der Waals surface area contributed by atoms with Crippen molar-refractivity contribution >= 4 is 29.2 Å². The minimum Gasteiger partial charge on any atom is -0.385 e. The van der Waals surface area contributed by atoms with Gasteiger partial charge < -0.3 is 5.32 Å². The Hall–Kier alpha value is -4.33. The number of fused-ring (bicyclic) bond motifs is 1. The number of aromatic nitrogens is 3. The molecule has 170 valence electrons. The van der Waals surface area contributed by atoms with Gasteiger partial charge in [0.2, 0.25) is 0 Å². The third kappa shape index (κ3) is 4.85. The van der Waals surface area contributed by atoms with Gasteiger partial charge in [-0.15, -0.1) is 0 Å². The van der Waals surface area contributed by atoms with Gasteiger partial charge in [0.25, 0.3) is 0 Å². The van der Waals surface area contributed by atoms with Crippen LogP contribution < -0.4 is 5.32 Å². The van der Waals surface area contributed by atoms with Crippen molar-refractivity contribution in [3.63, 3.8) is 0 Å². The summed E-state index contributed by atoms with van der Waals surface area (Å²) in [4.78, 5) is 20.6. The van der Waals surface area contributed by atoms with Gasteiger partial charge in [0.1, 0.15) is 11.5 Å². The molecule has 0 spiro atoms. The van der Waals surface area contributed by atoms with E-state index in [9.17, 15) is 4.39 Å². The predicted molar refractivity (Wildman–Crippen MR) is 132 cm³/mol. The van der Waals surface area contributed by atoms with E-state index >= 15 is 4.39 Å². The number of aryl methyl sites for hydroxylation is 1. The fourth-order valence-electron chi connectivity index (χ4n) is 3.55. The summed E-state index contributed by atoms with van der Waals surface area (Å²) < 4.78 is 30.1. The lowest BCUT2D eigenvalue weighted by molar-refractivity contribution is 0.623. The average molecular weight is 457 g/mol. The topological polar surface area (TPSA) is 75.4 Å². The summed E-state index contributed by atoms with van der Waals surface area (Å²) in [6.07, 6.45) is 4.81. The summed E-state index contributed by atoms with van der Waals surface area (Å²) in [6, 6.07) is 13.9. The van der Waals surface area contributed by atoms with Crippen LogP contribution in [-0.4, -0.2) is 34.6 Å². The Morgan fingerprint density at radius 1 is 1.06 bits per heavy atom. The van der Waals surface area contributed by atoms with Crippen LogP contribution in [0.25, 0.3) is 27.9 Å². The van der Waals surface area contributed by atoms with Crippen LogP contribution in [0.4, 0.5) is 8.78 Å². The highest BCUT2D eigenvalue weighted by Gasteiger charge is 2.15. The third-order valence-corrected chi connectivity index (χ3v) is 5.19. The number of pyridine rings is 3. The Kier molecular flexibility index (Phi) is 6.77. The average Bonchev–Trinajstić information content (AvgIpc) is 2.85. The van der Waals surface area contributed by atoms with E-state index in [4.69, 9.17) is 0 Å². The first kappa shape index (κ1) is 22.8. The normalized spacial score (nSPS) is 12.4. The monoisotopic (exact) mass is 456 g/mol. The highest BCUT2D eigenvalue weighted by atomic mass is 19.1. The number of rotatable bonds is 6. The summed E-state index contributed by atoms with van der Waals surface area (Å²) in [5.74, 6) is -1.36. The van der Waals surface area contributed by atoms with E-state index in [1.54, 1.807) is 37.6 Å². The fourth-order valence-corrected chi connectivity index (χ4v) is 3.55. The largest absolute Gasteiger partial charge is 0.385 e. The number of nitrogens with zero attached hydrogens (tertiary/aromatic N) is 5. The van der Waals surface area contributed by atoms with Crippen molar-refractivity contribution in [3.8, 4) is 11.3 Å². The first-order chi connectivity index (χ1) is 16.5. The molecule has 34 heavy (non-hydrogen) atoms. The van der Waals surface area contributed by atoms with Crippen LogP contribution >= 0.6 is 0 Å². The van der Waals surface area contributed by atoms with E-state index < -0.39 is 11.6 Å². The van der Waals surface area contributed by atoms with Gasteiger partial charge in [-0.1, -0.05) is 12.1 Å². The molecule has 0 radical (unpaired) electrons. The highest BCUT2D eigenvalue weighted by Crippen LogP contribution is 2.24. The van der Waals surface area contributed by atoms with Crippen molar-refractivity contribution in [2.75, 3.05) is 7.05 Å². The maximum Gasteiger partial charge on any atom is 0.190 e. The Morgan fingerprint density at radius 2 is 1.91 bits per heavy atom. The van der Waals surface area contributed by atoms with Crippen molar-refractivity contribution in [3.05, 3.63) is 95.6 Å². The maximum atomic E-state index is 15.4. The Labute approximate surface area is 195 Å². The summed E-state index contributed by atoms with van der Waals surface area (Å²) in [7, 11) is 1.61. The molecule has 4 rings (SSSR count). The van der Waals surface area contributed by atoms with Gasteiger partial charge in [-0.3, -0.25) is 19.9 Å². The fraction of sp³-hybridized carbons (Fsp3) is 0.115. The van der Waals surface area contributed by atoms with Crippen molar-refractivity contribution in [2.24, 2.45) is 9.98 Å². The maximum absolute atomic E-state index is 15.4. The second-order valence-electron chi connectivity index (χ2n) is 7.51. The second-order valence-corrected chi connectivity index (χ2v) is 7.51. The van der Waals surface area contributed by atoms with Gasteiger partial charge in [-0.05, 0) is 55.6 Å². The number of hydrogen-bond donors (Lipinski definition) is 1. The number of hydrogen-bond acceptors (Lipinski definition) is 5. The minimum absolute atomic E-state index is 0.0139. The predicted octanol–water partition coefficient (Wildman–Crippen LogP) is 5.30. The zero-order chi connectivity index (χ0) is 24.1. The standard InChI is InChI=1S/C26H22F2N6/c1-16-11-20(8-10-31-16)24-21(27)12-17(14-33-24)15-34-26(30-3)23(28)25(29-2)19-6-7-22-18(13-19)5-4-9-32-22/h4-14,29H,3,15H2,1-2H3. The van der Waals surface area contributed by atoms with Crippen LogP contribution in [0, 0.1) is 12.7 Å². The van der Waals surface area contributed by atoms with Crippen molar-refractivity contribution in [2.45, 2.75) is 13.5 Å². The minimum atomic E-state index is -0.668. The molecule has 3 heterocycles. The van der Waals surface area contributed by atoms with Crippen molar-refractivity contribution < 1.29 is 8.78 Å². The van der Waals surface area contributed by atoms with Crippen LogP contribution in [0.1, 0.15) is 16.8 Å². The van der Waals surface area contributed by atoms with Crippen molar-refractivity contribution in [1.82, 2.24) is 20.3 Å². The number of benzene rings is 1. The molecule has 0 atom stereocenters. The van der Waals surface area contributed by atoms with Crippen LogP contribution in [0.2, 0.25) is 0 Å². The van der Waals surface area contributed by atoms with Gasteiger partial charge >= 0.3 is 0 Å². The van der Waals surface area contributed by atoms with Crippen LogP contribution in [0.3, 0.4) is 0 Å². The van der Waals surface area contributed by atoms with E-state index in [-0.39, 0.29) is 23.8 Å². The number of nitrogens with one attached hydrogen (secondary N) is 1. The Balaban J connectivity index is 1.62. The van der Waals surface area contributed by atoms with E-state index in [1.165, 1.54) is 12.3 Å². The second kappa shape index (κ2) is 10.1. The highest BCUT2D eigenvalue weighted by molar-refractivity contribution is 6.05. The molecule has 0 aliphatic rings. The van der Waals surface area contributed by atoms with Crippen molar-refractivity contribution in [1.29, 1.82) is 0 Å². The van der Waals surface area contributed by atoms with E-state index in [0.717, 1.165) is 16.6 Å². The summed E-state index contributed by atoms with van der Waals surface area (Å²) in [5.41, 5.74) is 3.72. The molecule has 0 aliphatic carbocycles. The first-order valence-corrected chi connectivity index (χ1v) is 10.5. The molecule has 0 aliphatic heterocycles. The lowest BCUT2D eigenvalue weighted by atomic mass is 10.1. The lowest BCUT2D eigenvalue weighted by Gasteiger charge is -2.11. The zero-order valence-corrected chi connectivity index (χ0v) is 18.8. The lowest BCUT2D eigenvalue weighted by Crippen LogP contribution is -2.11. The molecule has 0 fully saturated rings. The molecule has 1 N–H and O–H groups in total. The third-order valence-electron chi connectivity index (χ3n) is 5.19. The molecule has 6 nitrogen and oxygen atoms in total.